The molecular weight excluding hydrogens is 354 g/mol. The van der Waals surface area contributed by atoms with Crippen LogP contribution in [0.25, 0.3) is 11.0 Å². The monoisotopic (exact) mass is 379 g/mol. The van der Waals surface area contributed by atoms with Gasteiger partial charge in [-0.3, -0.25) is 0 Å². The molecule has 28 heavy (non-hydrogen) atoms. The molecule has 0 spiro atoms. The minimum atomic E-state index is -0.296. The van der Waals surface area contributed by atoms with E-state index in [0.717, 1.165) is 65.1 Å². The van der Waals surface area contributed by atoms with Gasteiger partial charge < -0.3 is 18.8 Å². The Labute approximate surface area is 164 Å². The molecule has 4 rings (SSSR count). The number of fused-ring (bicyclic) bond motifs is 2. The van der Waals surface area contributed by atoms with Gasteiger partial charge >= 0.3 is 5.63 Å². The summed E-state index contributed by atoms with van der Waals surface area (Å²) >= 11 is 0. The Bertz CT molecular complexity index is 1070. The van der Waals surface area contributed by atoms with Crippen molar-refractivity contribution in [2.45, 2.75) is 39.7 Å². The Kier molecular flexibility index (Phi) is 4.99. The second kappa shape index (κ2) is 7.58. The van der Waals surface area contributed by atoms with E-state index in [2.05, 4.69) is 24.0 Å². The number of benzene rings is 2. The van der Waals surface area contributed by atoms with Gasteiger partial charge in [0.15, 0.2) is 6.73 Å². The molecule has 0 N–H and O–H groups in total. The first-order valence-electron chi connectivity index (χ1n) is 9.71. The van der Waals surface area contributed by atoms with Crippen LogP contribution in [0.4, 0.5) is 5.69 Å². The smallest absolute Gasteiger partial charge is 0.336 e. The van der Waals surface area contributed by atoms with E-state index in [9.17, 15) is 4.79 Å². The van der Waals surface area contributed by atoms with Gasteiger partial charge in [-0.2, -0.15) is 0 Å². The SMILES string of the molecule is CCCCc1cc(=O)oc2c(C)c3c(cc12)CN(c1cccc(OC)c1)CO3. The first-order chi connectivity index (χ1) is 13.6. The summed E-state index contributed by atoms with van der Waals surface area (Å²) in [5, 5.41) is 1.01. The highest BCUT2D eigenvalue weighted by Crippen LogP contribution is 2.37. The molecule has 3 aromatic rings. The number of anilines is 1. The Balaban J connectivity index is 1.77. The zero-order chi connectivity index (χ0) is 19.7. The van der Waals surface area contributed by atoms with Crippen molar-refractivity contribution < 1.29 is 13.9 Å². The number of aryl methyl sites for hydroxylation is 2. The van der Waals surface area contributed by atoms with Crippen molar-refractivity contribution in [1.82, 2.24) is 0 Å². The number of nitrogens with zero attached hydrogens (tertiary/aromatic N) is 1. The first kappa shape index (κ1) is 18.4. The molecule has 5 heteroatoms. The van der Waals surface area contributed by atoms with Crippen LogP contribution in [0.15, 0.2) is 45.6 Å². The van der Waals surface area contributed by atoms with Crippen molar-refractivity contribution in [3.63, 3.8) is 0 Å². The molecule has 0 saturated carbocycles. The van der Waals surface area contributed by atoms with E-state index in [1.54, 1.807) is 13.2 Å². The maximum Gasteiger partial charge on any atom is 0.336 e. The highest BCUT2D eigenvalue weighted by atomic mass is 16.5. The van der Waals surface area contributed by atoms with Gasteiger partial charge in [-0.1, -0.05) is 19.4 Å². The minimum absolute atomic E-state index is 0.296. The molecule has 0 aliphatic carbocycles. The zero-order valence-corrected chi connectivity index (χ0v) is 16.6. The van der Waals surface area contributed by atoms with Crippen molar-refractivity contribution in [3.8, 4) is 11.5 Å². The topological polar surface area (TPSA) is 51.9 Å². The summed E-state index contributed by atoms with van der Waals surface area (Å²) in [6.45, 7) is 5.29. The average molecular weight is 379 g/mol. The quantitative estimate of drug-likeness (QED) is 0.596. The van der Waals surface area contributed by atoms with Crippen LogP contribution in [0.3, 0.4) is 0 Å². The predicted molar refractivity (Wildman–Crippen MR) is 111 cm³/mol. The predicted octanol–water partition coefficient (Wildman–Crippen LogP) is 4.81. The third-order valence-electron chi connectivity index (χ3n) is 5.32. The standard InChI is InChI=1S/C23H25NO4/c1-4-5-7-16-11-21(25)28-23-15(2)22-17(10-20(16)23)13-24(14-27-22)18-8-6-9-19(12-18)26-3/h6,8-12H,4-5,7,13-14H2,1-3H3. The van der Waals surface area contributed by atoms with Gasteiger partial charge in [0, 0.05) is 40.9 Å². The van der Waals surface area contributed by atoms with Crippen molar-refractivity contribution in [2.75, 3.05) is 18.7 Å². The second-order valence-corrected chi connectivity index (χ2v) is 7.23. The third kappa shape index (κ3) is 3.33. The number of ether oxygens (including phenoxy) is 2. The van der Waals surface area contributed by atoms with Crippen molar-refractivity contribution in [2.24, 2.45) is 0 Å². The highest BCUT2D eigenvalue weighted by Gasteiger charge is 2.23. The molecule has 1 aliphatic rings. The Morgan fingerprint density at radius 1 is 1.21 bits per heavy atom. The lowest BCUT2D eigenvalue weighted by atomic mass is 9.98. The molecule has 0 radical (unpaired) electrons. The molecule has 0 bridgehead atoms. The van der Waals surface area contributed by atoms with Gasteiger partial charge in [-0.15, -0.1) is 0 Å². The lowest BCUT2D eigenvalue weighted by molar-refractivity contribution is 0.287. The summed E-state index contributed by atoms with van der Waals surface area (Å²) in [6.07, 6.45) is 3.00. The zero-order valence-electron chi connectivity index (χ0n) is 16.6. The number of unbranched alkanes of at least 4 members (excludes halogenated alkanes) is 1. The third-order valence-corrected chi connectivity index (χ3v) is 5.32. The fraction of sp³-hybridized carbons (Fsp3) is 0.348. The van der Waals surface area contributed by atoms with Crippen LogP contribution in [-0.4, -0.2) is 13.8 Å². The van der Waals surface area contributed by atoms with E-state index in [1.165, 1.54) is 0 Å². The summed E-state index contributed by atoms with van der Waals surface area (Å²) in [5.41, 5.74) is 4.45. The van der Waals surface area contributed by atoms with Gasteiger partial charge in [-0.25, -0.2) is 4.79 Å². The van der Waals surface area contributed by atoms with Crippen LogP contribution in [0.2, 0.25) is 0 Å². The van der Waals surface area contributed by atoms with Crippen LogP contribution in [0.5, 0.6) is 11.5 Å². The maximum absolute atomic E-state index is 12.1. The molecule has 2 aromatic carbocycles. The van der Waals surface area contributed by atoms with Gasteiger partial charge in [0.25, 0.3) is 0 Å². The molecule has 0 atom stereocenters. The summed E-state index contributed by atoms with van der Waals surface area (Å²) in [6, 6.07) is 11.7. The minimum Gasteiger partial charge on any atom is -0.497 e. The van der Waals surface area contributed by atoms with E-state index in [-0.39, 0.29) is 5.63 Å². The summed E-state index contributed by atoms with van der Waals surface area (Å²) in [4.78, 5) is 14.2. The van der Waals surface area contributed by atoms with Gasteiger partial charge in [0.2, 0.25) is 0 Å². The second-order valence-electron chi connectivity index (χ2n) is 7.23. The van der Waals surface area contributed by atoms with Gasteiger partial charge in [0.05, 0.1) is 7.11 Å². The van der Waals surface area contributed by atoms with E-state index >= 15 is 0 Å². The largest absolute Gasteiger partial charge is 0.497 e. The summed E-state index contributed by atoms with van der Waals surface area (Å²) in [7, 11) is 1.67. The fourth-order valence-electron chi connectivity index (χ4n) is 3.83. The summed E-state index contributed by atoms with van der Waals surface area (Å²) < 4.78 is 17.0. The van der Waals surface area contributed by atoms with Crippen LogP contribution in [0, 0.1) is 6.92 Å². The molecule has 2 heterocycles. The van der Waals surface area contributed by atoms with Crippen LogP contribution in [-0.2, 0) is 13.0 Å². The lowest BCUT2D eigenvalue weighted by Gasteiger charge is -2.32. The fourth-order valence-corrected chi connectivity index (χ4v) is 3.83. The van der Waals surface area contributed by atoms with E-state index < -0.39 is 0 Å². The van der Waals surface area contributed by atoms with Crippen molar-refractivity contribution in [1.29, 1.82) is 0 Å². The van der Waals surface area contributed by atoms with E-state index in [1.807, 2.05) is 25.1 Å². The number of methoxy groups -OCH3 is 1. The molecule has 0 fully saturated rings. The molecule has 0 saturated heterocycles. The normalized spacial score (nSPS) is 13.3. The molecule has 1 aromatic heterocycles. The van der Waals surface area contributed by atoms with Gasteiger partial charge in [0.1, 0.15) is 17.1 Å². The van der Waals surface area contributed by atoms with Gasteiger partial charge in [-0.05, 0) is 43.5 Å². The van der Waals surface area contributed by atoms with Crippen LogP contribution in [0.1, 0.15) is 36.5 Å². The first-order valence-corrected chi connectivity index (χ1v) is 9.71. The van der Waals surface area contributed by atoms with Crippen molar-refractivity contribution in [3.05, 3.63) is 63.5 Å². The molecule has 0 unspecified atom stereocenters. The van der Waals surface area contributed by atoms with Crippen LogP contribution < -0.4 is 20.0 Å². The molecular formula is C23H25NO4. The molecule has 146 valence electrons. The Hall–Kier alpha value is -2.95. The number of hydrogen-bond donors (Lipinski definition) is 0. The van der Waals surface area contributed by atoms with E-state index in [4.69, 9.17) is 13.9 Å². The molecule has 5 nitrogen and oxygen atoms in total. The number of hydrogen-bond acceptors (Lipinski definition) is 5. The Morgan fingerprint density at radius 2 is 2.07 bits per heavy atom. The number of rotatable bonds is 5. The average Bonchev–Trinajstić information content (AvgIpc) is 2.72. The molecule has 1 aliphatic heterocycles. The van der Waals surface area contributed by atoms with Crippen LogP contribution >= 0.6 is 0 Å². The van der Waals surface area contributed by atoms with Crippen molar-refractivity contribution >= 4 is 16.7 Å². The lowest BCUT2D eigenvalue weighted by Crippen LogP contribution is -2.32. The highest BCUT2D eigenvalue weighted by molar-refractivity contribution is 5.86. The Morgan fingerprint density at radius 3 is 2.86 bits per heavy atom. The molecule has 0 amide bonds. The maximum atomic E-state index is 12.1. The van der Waals surface area contributed by atoms with E-state index in [0.29, 0.717) is 12.3 Å². The summed E-state index contributed by atoms with van der Waals surface area (Å²) in [5.74, 6) is 1.64.